The van der Waals surface area contributed by atoms with Crippen molar-refractivity contribution in [1.82, 2.24) is 19.9 Å². The lowest BCUT2D eigenvalue weighted by Crippen LogP contribution is -2.47. The van der Waals surface area contributed by atoms with Crippen molar-refractivity contribution in [2.75, 3.05) is 36.0 Å². The summed E-state index contributed by atoms with van der Waals surface area (Å²) in [6.07, 6.45) is 5.67. The summed E-state index contributed by atoms with van der Waals surface area (Å²) in [4.78, 5) is 20.3. The van der Waals surface area contributed by atoms with E-state index in [1.54, 1.807) is 12.5 Å². The zero-order valence-electron chi connectivity index (χ0n) is 10.3. The van der Waals surface area contributed by atoms with Crippen LogP contribution in [0.1, 0.15) is 0 Å². The minimum atomic E-state index is -0.414. The van der Waals surface area contributed by atoms with Crippen LogP contribution in [-0.4, -0.2) is 46.1 Å². The van der Waals surface area contributed by atoms with Crippen molar-refractivity contribution in [3.05, 3.63) is 36.8 Å². The van der Waals surface area contributed by atoms with E-state index in [4.69, 9.17) is 0 Å². The second kappa shape index (κ2) is 5.13. The molecule has 3 heterocycles. The van der Waals surface area contributed by atoms with E-state index in [2.05, 4.69) is 24.8 Å². The van der Waals surface area contributed by atoms with Crippen LogP contribution in [0.4, 0.5) is 16.2 Å². The molecule has 1 saturated heterocycles. The normalized spacial score (nSPS) is 15.6. The first-order chi connectivity index (χ1) is 9.33. The predicted molar refractivity (Wildman–Crippen MR) is 68.4 cm³/mol. The van der Waals surface area contributed by atoms with Gasteiger partial charge in [-0.25, -0.2) is 24.3 Å². The Morgan fingerprint density at radius 3 is 2.26 bits per heavy atom. The number of nitrogens with zero attached hydrogens (tertiary/aromatic N) is 6. The lowest BCUT2D eigenvalue weighted by atomic mass is 10.3. The Bertz CT molecular complexity index is 524. The molecule has 1 aliphatic rings. The maximum absolute atomic E-state index is 12.8. The van der Waals surface area contributed by atoms with Crippen LogP contribution in [0.5, 0.6) is 0 Å². The number of aromatic nitrogens is 4. The first kappa shape index (κ1) is 11.8. The summed E-state index contributed by atoms with van der Waals surface area (Å²) in [6, 6.07) is 1.89. The summed E-state index contributed by atoms with van der Waals surface area (Å²) >= 11 is 0. The topological polar surface area (TPSA) is 58.0 Å². The molecule has 7 heteroatoms. The van der Waals surface area contributed by atoms with Gasteiger partial charge in [0.1, 0.15) is 12.1 Å². The molecule has 0 aromatic carbocycles. The van der Waals surface area contributed by atoms with E-state index in [9.17, 15) is 4.39 Å². The van der Waals surface area contributed by atoms with Crippen molar-refractivity contribution in [3.8, 4) is 0 Å². The third kappa shape index (κ3) is 2.59. The summed E-state index contributed by atoms with van der Waals surface area (Å²) in [6.45, 7) is 3.24. The Morgan fingerprint density at radius 2 is 1.63 bits per heavy atom. The highest BCUT2D eigenvalue weighted by Gasteiger charge is 2.19. The molecule has 0 N–H and O–H groups in total. The highest BCUT2D eigenvalue weighted by molar-refractivity contribution is 5.40. The molecule has 2 aromatic rings. The second-order valence-electron chi connectivity index (χ2n) is 4.24. The fourth-order valence-corrected chi connectivity index (χ4v) is 2.08. The van der Waals surface area contributed by atoms with E-state index >= 15 is 0 Å². The summed E-state index contributed by atoms with van der Waals surface area (Å²) in [5, 5.41) is 0. The van der Waals surface area contributed by atoms with Gasteiger partial charge in [0, 0.05) is 32.4 Å². The van der Waals surface area contributed by atoms with Gasteiger partial charge in [0.15, 0.2) is 5.82 Å². The van der Waals surface area contributed by atoms with E-state index in [1.165, 1.54) is 12.4 Å². The number of hydrogen-bond acceptors (Lipinski definition) is 6. The monoisotopic (exact) mass is 260 g/mol. The Kier molecular flexibility index (Phi) is 3.18. The summed E-state index contributed by atoms with van der Waals surface area (Å²) in [7, 11) is 0. The van der Waals surface area contributed by atoms with Crippen LogP contribution >= 0.6 is 0 Å². The van der Waals surface area contributed by atoms with E-state index in [-0.39, 0.29) is 0 Å². The second-order valence-corrected chi connectivity index (χ2v) is 4.24. The molecular weight excluding hydrogens is 247 g/mol. The lowest BCUT2D eigenvalue weighted by molar-refractivity contribution is 0.601. The number of rotatable bonds is 2. The third-order valence-electron chi connectivity index (χ3n) is 3.06. The molecule has 1 fully saturated rings. The molecule has 0 bridgehead atoms. The van der Waals surface area contributed by atoms with E-state index in [0.29, 0.717) is 5.95 Å². The van der Waals surface area contributed by atoms with Crippen molar-refractivity contribution in [3.63, 3.8) is 0 Å². The summed E-state index contributed by atoms with van der Waals surface area (Å²) < 4.78 is 12.8. The fourth-order valence-electron chi connectivity index (χ4n) is 2.08. The van der Waals surface area contributed by atoms with Crippen molar-refractivity contribution in [1.29, 1.82) is 0 Å². The highest BCUT2D eigenvalue weighted by Crippen LogP contribution is 2.15. The van der Waals surface area contributed by atoms with Crippen LogP contribution < -0.4 is 9.80 Å². The Hall–Kier alpha value is -2.31. The molecular formula is C12H13FN6. The minimum Gasteiger partial charge on any atom is -0.353 e. The summed E-state index contributed by atoms with van der Waals surface area (Å²) in [5.74, 6) is 1.08. The molecule has 0 atom stereocenters. The third-order valence-corrected chi connectivity index (χ3v) is 3.06. The van der Waals surface area contributed by atoms with Gasteiger partial charge in [-0.15, -0.1) is 0 Å². The Labute approximate surface area is 110 Å². The Morgan fingerprint density at radius 1 is 0.947 bits per heavy atom. The molecule has 98 valence electrons. The number of piperazine rings is 1. The number of anilines is 2. The zero-order valence-corrected chi connectivity index (χ0v) is 10.3. The lowest BCUT2D eigenvalue weighted by Gasteiger charge is -2.35. The van der Waals surface area contributed by atoms with Gasteiger partial charge in [-0.3, -0.25) is 0 Å². The molecule has 0 radical (unpaired) electrons. The van der Waals surface area contributed by atoms with Gasteiger partial charge < -0.3 is 9.80 Å². The molecule has 0 unspecified atom stereocenters. The standard InChI is InChI=1S/C12H13FN6/c13-10-7-15-12(16-8-10)19-5-3-18(4-6-19)11-1-2-14-9-17-11/h1-2,7-9H,3-6H2. The van der Waals surface area contributed by atoms with Gasteiger partial charge >= 0.3 is 0 Å². The van der Waals surface area contributed by atoms with Crippen LogP contribution in [0.3, 0.4) is 0 Å². The molecule has 0 saturated carbocycles. The van der Waals surface area contributed by atoms with Gasteiger partial charge in [-0.2, -0.15) is 0 Å². The fraction of sp³-hybridized carbons (Fsp3) is 0.333. The van der Waals surface area contributed by atoms with E-state index in [0.717, 1.165) is 32.0 Å². The van der Waals surface area contributed by atoms with Crippen molar-refractivity contribution >= 4 is 11.8 Å². The van der Waals surface area contributed by atoms with Gasteiger partial charge in [-0.1, -0.05) is 0 Å². The molecule has 0 aliphatic carbocycles. The van der Waals surface area contributed by atoms with Crippen LogP contribution in [0, 0.1) is 5.82 Å². The highest BCUT2D eigenvalue weighted by atomic mass is 19.1. The van der Waals surface area contributed by atoms with Crippen LogP contribution in [-0.2, 0) is 0 Å². The van der Waals surface area contributed by atoms with Crippen molar-refractivity contribution < 1.29 is 4.39 Å². The molecule has 2 aromatic heterocycles. The molecule has 0 spiro atoms. The molecule has 1 aliphatic heterocycles. The molecule has 0 amide bonds. The average molecular weight is 260 g/mol. The van der Waals surface area contributed by atoms with Gasteiger partial charge in [-0.05, 0) is 6.07 Å². The number of hydrogen-bond donors (Lipinski definition) is 0. The van der Waals surface area contributed by atoms with Crippen LogP contribution in [0.2, 0.25) is 0 Å². The SMILES string of the molecule is Fc1cnc(N2CCN(c3ccncn3)CC2)nc1. The molecule has 19 heavy (non-hydrogen) atoms. The minimum absolute atomic E-state index is 0.414. The Balaban J connectivity index is 1.65. The largest absolute Gasteiger partial charge is 0.353 e. The van der Waals surface area contributed by atoms with E-state index < -0.39 is 5.82 Å². The maximum Gasteiger partial charge on any atom is 0.225 e. The van der Waals surface area contributed by atoms with Gasteiger partial charge in [0.25, 0.3) is 0 Å². The van der Waals surface area contributed by atoms with Gasteiger partial charge in [0.05, 0.1) is 12.4 Å². The number of halogens is 1. The van der Waals surface area contributed by atoms with Crippen LogP contribution in [0.25, 0.3) is 0 Å². The van der Waals surface area contributed by atoms with Crippen LogP contribution in [0.15, 0.2) is 31.0 Å². The maximum atomic E-state index is 12.8. The first-order valence-corrected chi connectivity index (χ1v) is 6.06. The van der Waals surface area contributed by atoms with E-state index in [1.807, 2.05) is 11.0 Å². The smallest absolute Gasteiger partial charge is 0.225 e. The average Bonchev–Trinajstić information content (AvgIpc) is 2.49. The first-order valence-electron chi connectivity index (χ1n) is 6.06. The summed E-state index contributed by atoms with van der Waals surface area (Å²) in [5.41, 5.74) is 0. The predicted octanol–water partition coefficient (Wildman–Crippen LogP) is 0.732. The van der Waals surface area contributed by atoms with Crippen molar-refractivity contribution in [2.45, 2.75) is 0 Å². The molecule has 3 rings (SSSR count). The van der Waals surface area contributed by atoms with Crippen molar-refractivity contribution in [2.24, 2.45) is 0 Å². The zero-order chi connectivity index (χ0) is 13.1. The molecule has 6 nitrogen and oxygen atoms in total. The van der Waals surface area contributed by atoms with Gasteiger partial charge in [0.2, 0.25) is 5.95 Å². The quantitative estimate of drug-likeness (QED) is 0.793.